The smallest absolute Gasteiger partial charge is 0.272 e. The third kappa shape index (κ3) is 3.93. The molecular formula is C16H18N4O2. The fraction of sp³-hybridized carbons (Fsp3) is 0.312. The van der Waals surface area contributed by atoms with Gasteiger partial charge in [0.15, 0.2) is 0 Å². The van der Waals surface area contributed by atoms with Crippen molar-refractivity contribution in [2.45, 2.75) is 26.6 Å². The number of hydrogen-bond donors (Lipinski definition) is 1. The summed E-state index contributed by atoms with van der Waals surface area (Å²) in [6.07, 6.45) is 2.67. The fourth-order valence-electron chi connectivity index (χ4n) is 1.96. The maximum atomic E-state index is 12.3. The number of hydrogen-bond acceptors (Lipinski definition) is 4. The van der Waals surface area contributed by atoms with Crippen LogP contribution >= 0.6 is 0 Å². The van der Waals surface area contributed by atoms with Crippen LogP contribution in [-0.2, 0) is 16.1 Å². The molecule has 0 radical (unpaired) electrons. The number of amides is 1. The number of nitrogens with one attached hydrogen (secondary N) is 1. The summed E-state index contributed by atoms with van der Waals surface area (Å²) in [7, 11) is 0. The van der Waals surface area contributed by atoms with Gasteiger partial charge in [0.2, 0.25) is 6.23 Å². The molecule has 0 bridgehead atoms. The molecule has 0 aliphatic rings. The predicted octanol–water partition coefficient (Wildman–Crippen LogP) is 1.91. The van der Waals surface area contributed by atoms with E-state index in [9.17, 15) is 4.79 Å². The van der Waals surface area contributed by atoms with Crippen LogP contribution in [0.15, 0.2) is 36.7 Å². The van der Waals surface area contributed by atoms with E-state index in [1.165, 1.54) is 4.68 Å². The van der Waals surface area contributed by atoms with Gasteiger partial charge in [-0.3, -0.25) is 4.79 Å². The molecular weight excluding hydrogens is 280 g/mol. The van der Waals surface area contributed by atoms with Crippen LogP contribution in [0.1, 0.15) is 29.8 Å². The van der Waals surface area contributed by atoms with Crippen molar-refractivity contribution in [3.63, 3.8) is 0 Å². The van der Waals surface area contributed by atoms with Crippen molar-refractivity contribution in [1.29, 1.82) is 5.26 Å². The lowest BCUT2D eigenvalue weighted by Gasteiger charge is -2.17. The Kier molecular flexibility index (Phi) is 5.28. The van der Waals surface area contributed by atoms with Crippen molar-refractivity contribution in [2.75, 3.05) is 6.61 Å². The maximum Gasteiger partial charge on any atom is 0.272 e. The average Bonchev–Trinajstić information content (AvgIpc) is 2.97. The van der Waals surface area contributed by atoms with Crippen LogP contribution in [0.3, 0.4) is 0 Å². The second kappa shape index (κ2) is 7.38. The highest BCUT2D eigenvalue weighted by atomic mass is 16.5. The van der Waals surface area contributed by atoms with Crippen LogP contribution in [0.5, 0.6) is 0 Å². The molecule has 2 aromatic rings. The normalized spacial score (nSPS) is 11.7. The minimum Gasteiger partial charge on any atom is -0.348 e. The minimum atomic E-state index is -0.780. The first-order valence-electron chi connectivity index (χ1n) is 7.03. The summed E-state index contributed by atoms with van der Waals surface area (Å²) in [5.74, 6) is -0.255. The number of aryl methyl sites for hydroxylation is 1. The lowest BCUT2D eigenvalue weighted by molar-refractivity contribution is -0.139. The number of nitriles is 1. The van der Waals surface area contributed by atoms with Gasteiger partial charge in [0.25, 0.3) is 5.91 Å². The zero-order valence-corrected chi connectivity index (χ0v) is 12.6. The van der Waals surface area contributed by atoms with E-state index in [-0.39, 0.29) is 5.91 Å². The first-order valence-corrected chi connectivity index (χ1v) is 7.03. The SMILES string of the molecule is CCOC(C(=O)NCc1ccc(C#N)cc1)n1cc(C)cn1. The molecule has 0 spiro atoms. The van der Waals surface area contributed by atoms with Gasteiger partial charge < -0.3 is 10.1 Å². The molecule has 1 aromatic carbocycles. The summed E-state index contributed by atoms with van der Waals surface area (Å²) in [4.78, 5) is 12.3. The van der Waals surface area contributed by atoms with E-state index in [0.717, 1.165) is 11.1 Å². The number of ether oxygens (including phenoxy) is 1. The molecule has 1 aromatic heterocycles. The standard InChI is InChI=1S/C16H18N4O2/c1-3-22-16(20-11-12(2)9-19-20)15(21)18-10-14-6-4-13(8-17)5-7-14/h4-7,9,11,16H,3,10H2,1-2H3,(H,18,21). The minimum absolute atomic E-state index is 0.255. The molecule has 0 saturated carbocycles. The van der Waals surface area contributed by atoms with Gasteiger partial charge >= 0.3 is 0 Å². The summed E-state index contributed by atoms with van der Waals surface area (Å²) >= 11 is 0. The lowest BCUT2D eigenvalue weighted by Crippen LogP contribution is -2.34. The van der Waals surface area contributed by atoms with Crippen molar-refractivity contribution in [2.24, 2.45) is 0 Å². The van der Waals surface area contributed by atoms with Gasteiger partial charge in [0.05, 0.1) is 17.8 Å². The second-order valence-electron chi connectivity index (χ2n) is 4.83. The van der Waals surface area contributed by atoms with Gasteiger partial charge in [-0.15, -0.1) is 0 Å². The zero-order chi connectivity index (χ0) is 15.9. The third-order valence-electron chi connectivity index (χ3n) is 3.07. The summed E-state index contributed by atoms with van der Waals surface area (Å²) in [6.45, 7) is 4.51. The Morgan fingerprint density at radius 1 is 1.45 bits per heavy atom. The molecule has 1 N–H and O–H groups in total. The van der Waals surface area contributed by atoms with E-state index >= 15 is 0 Å². The Hall–Kier alpha value is -2.65. The molecule has 2 rings (SSSR count). The quantitative estimate of drug-likeness (QED) is 0.883. The predicted molar refractivity (Wildman–Crippen MR) is 80.6 cm³/mol. The Bertz CT molecular complexity index is 670. The zero-order valence-electron chi connectivity index (χ0n) is 12.6. The highest BCUT2D eigenvalue weighted by Crippen LogP contribution is 2.10. The van der Waals surface area contributed by atoms with E-state index in [2.05, 4.69) is 16.5 Å². The van der Waals surface area contributed by atoms with Crippen molar-refractivity contribution in [1.82, 2.24) is 15.1 Å². The van der Waals surface area contributed by atoms with Crippen LogP contribution in [0.2, 0.25) is 0 Å². The number of rotatable bonds is 6. The van der Waals surface area contributed by atoms with E-state index in [4.69, 9.17) is 10.00 Å². The molecule has 6 heteroatoms. The average molecular weight is 298 g/mol. The molecule has 1 atom stereocenters. The molecule has 0 aliphatic heterocycles. The van der Waals surface area contributed by atoms with Gasteiger partial charge in [0, 0.05) is 19.3 Å². The highest BCUT2D eigenvalue weighted by molar-refractivity contribution is 5.78. The largest absolute Gasteiger partial charge is 0.348 e. The first kappa shape index (κ1) is 15.7. The Morgan fingerprint density at radius 3 is 2.73 bits per heavy atom. The Morgan fingerprint density at radius 2 is 2.18 bits per heavy atom. The maximum absolute atomic E-state index is 12.3. The van der Waals surface area contributed by atoms with Crippen LogP contribution in [0.4, 0.5) is 0 Å². The molecule has 0 fully saturated rings. The van der Waals surface area contributed by atoms with Crippen molar-refractivity contribution < 1.29 is 9.53 Å². The second-order valence-corrected chi connectivity index (χ2v) is 4.83. The number of carbonyl (C=O) groups excluding carboxylic acids is 1. The fourth-order valence-corrected chi connectivity index (χ4v) is 1.96. The summed E-state index contributed by atoms with van der Waals surface area (Å²) in [5, 5.41) is 15.7. The number of carbonyl (C=O) groups is 1. The third-order valence-corrected chi connectivity index (χ3v) is 3.07. The van der Waals surface area contributed by atoms with E-state index in [0.29, 0.717) is 18.7 Å². The summed E-state index contributed by atoms with van der Waals surface area (Å²) in [5.41, 5.74) is 2.47. The van der Waals surface area contributed by atoms with E-state index in [1.807, 2.05) is 26.0 Å². The van der Waals surface area contributed by atoms with Crippen molar-refractivity contribution >= 4 is 5.91 Å². The van der Waals surface area contributed by atoms with Crippen LogP contribution < -0.4 is 5.32 Å². The molecule has 22 heavy (non-hydrogen) atoms. The van der Waals surface area contributed by atoms with Gasteiger partial charge in [-0.1, -0.05) is 12.1 Å². The van der Waals surface area contributed by atoms with E-state index in [1.54, 1.807) is 24.5 Å². The van der Waals surface area contributed by atoms with Crippen LogP contribution in [-0.4, -0.2) is 22.3 Å². The first-order chi connectivity index (χ1) is 10.6. The Labute approximate surface area is 129 Å². The van der Waals surface area contributed by atoms with Crippen LogP contribution in [0.25, 0.3) is 0 Å². The van der Waals surface area contributed by atoms with Crippen molar-refractivity contribution in [3.05, 3.63) is 53.3 Å². The molecule has 0 saturated heterocycles. The van der Waals surface area contributed by atoms with Crippen LogP contribution in [0, 0.1) is 18.3 Å². The Balaban J connectivity index is 2.00. The van der Waals surface area contributed by atoms with Crippen molar-refractivity contribution in [3.8, 4) is 6.07 Å². The lowest BCUT2D eigenvalue weighted by atomic mass is 10.1. The molecule has 6 nitrogen and oxygen atoms in total. The van der Waals surface area contributed by atoms with E-state index < -0.39 is 6.23 Å². The number of benzene rings is 1. The van der Waals surface area contributed by atoms with Gasteiger partial charge in [0.1, 0.15) is 0 Å². The summed E-state index contributed by atoms with van der Waals surface area (Å²) in [6, 6.07) is 9.12. The summed E-state index contributed by atoms with van der Waals surface area (Å²) < 4.78 is 6.98. The van der Waals surface area contributed by atoms with Gasteiger partial charge in [-0.25, -0.2) is 4.68 Å². The molecule has 0 aliphatic carbocycles. The van der Waals surface area contributed by atoms with Gasteiger partial charge in [-0.2, -0.15) is 10.4 Å². The molecule has 114 valence electrons. The molecule has 1 unspecified atom stereocenters. The number of aromatic nitrogens is 2. The molecule has 1 amide bonds. The molecule has 1 heterocycles. The topological polar surface area (TPSA) is 79.9 Å². The number of nitrogens with zero attached hydrogens (tertiary/aromatic N) is 3. The highest BCUT2D eigenvalue weighted by Gasteiger charge is 2.21. The van der Waals surface area contributed by atoms with Gasteiger partial charge in [-0.05, 0) is 37.1 Å². The monoisotopic (exact) mass is 298 g/mol.